The summed E-state index contributed by atoms with van der Waals surface area (Å²) in [6.45, 7) is 1.28. The van der Waals surface area contributed by atoms with Crippen LogP contribution >= 0.6 is 15.9 Å². The first kappa shape index (κ1) is 12.9. The summed E-state index contributed by atoms with van der Waals surface area (Å²) in [5.41, 5.74) is 6.82. The molecular weight excluding hydrogens is 266 g/mol. The van der Waals surface area contributed by atoms with Crippen molar-refractivity contribution in [3.63, 3.8) is 0 Å². The maximum absolute atomic E-state index is 12.3. The molecule has 0 radical (unpaired) electrons. The standard InChI is InChI=1S/C6H5BrF2N2O3/c1-2-14-5(13)3(11-10)4(12)6(7,8)9/h2H2,1H3. The van der Waals surface area contributed by atoms with Crippen LogP contribution in [0.4, 0.5) is 8.78 Å². The number of hydrogen-bond donors (Lipinski definition) is 0. The molecule has 78 valence electrons. The molecule has 0 saturated heterocycles. The van der Waals surface area contributed by atoms with Crippen LogP contribution in [0.25, 0.3) is 5.53 Å². The number of rotatable bonds is 4. The monoisotopic (exact) mass is 270 g/mol. The van der Waals surface area contributed by atoms with Gasteiger partial charge in [-0.3, -0.25) is 4.79 Å². The fourth-order valence-corrected chi connectivity index (χ4v) is 0.700. The highest BCUT2D eigenvalue weighted by Gasteiger charge is 2.47. The van der Waals surface area contributed by atoms with Crippen LogP contribution in [-0.2, 0) is 14.3 Å². The zero-order valence-electron chi connectivity index (χ0n) is 6.96. The quantitative estimate of drug-likeness (QED) is 0.189. The smallest absolute Gasteiger partial charge is 0.448 e. The van der Waals surface area contributed by atoms with E-state index in [4.69, 9.17) is 5.53 Å². The van der Waals surface area contributed by atoms with Crippen molar-refractivity contribution < 1.29 is 27.9 Å². The molecular formula is C6H5BrF2N2O3. The van der Waals surface area contributed by atoms with E-state index in [1.54, 1.807) is 15.9 Å². The normalized spacial score (nSPS) is 10.3. The molecule has 8 heteroatoms. The SMILES string of the molecule is CCOC(=O)C(=[N+]=[N-])C(=O)C(F)(F)Br. The summed E-state index contributed by atoms with van der Waals surface area (Å²) in [6.07, 6.45) is 0. The molecule has 0 amide bonds. The van der Waals surface area contributed by atoms with Gasteiger partial charge in [-0.1, -0.05) is 0 Å². The largest absolute Gasteiger partial charge is 0.457 e. The molecule has 0 aromatic heterocycles. The third-order valence-electron chi connectivity index (χ3n) is 1.04. The van der Waals surface area contributed by atoms with Gasteiger partial charge in [0.05, 0.1) is 6.61 Å². The Morgan fingerprint density at radius 2 is 2.07 bits per heavy atom. The molecule has 0 rings (SSSR count). The van der Waals surface area contributed by atoms with Crippen molar-refractivity contribution in [2.24, 2.45) is 0 Å². The Kier molecular flexibility index (Phi) is 4.52. The topological polar surface area (TPSA) is 79.8 Å². The van der Waals surface area contributed by atoms with Crippen molar-refractivity contribution in [3.8, 4) is 0 Å². The molecule has 0 atom stereocenters. The lowest BCUT2D eigenvalue weighted by molar-refractivity contribution is -0.144. The third kappa shape index (κ3) is 3.31. The molecule has 0 saturated carbocycles. The molecule has 0 aliphatic heterocycles. The summed E-state index contributed by atoms with van der Waals surface area (Å²) < 4.78 is 28.8. The van der Waals surface area contributed by atoms with Crippen molar-refractivity contribution in [1.29, 1.82) is 0 Å². The molecule has 0 aromatic carbocycles. The lowest BCUT2D eigenvalue weighted by Gasteiger charge is -2.02. The zero-order chi connectivity index (χ0) is 11.4. The second-order valence-corrected chi connectivity index (χ2v) is 2.99. The van der Waals surface area contributed by atoms with Crippen LogP contribution in [0.3, 0.4) is 0 Å². The highest BCUT2D eigenvalue weighted by atomic mass is 79.9. The Labute approximate surface area is 85.8 Å². The zero-order valence-corrected chi connectivity index (χ0v) is 8.55. The number of esters is 1. The highest BCUT2D eigenvalue weighted by Crippen LogP contribution is 2.23. The average molecular weight is 271 g/mol. The summed E-state index contributed by atoms with van der Waals surface area (Å²) >= 11 is 1.72. The van der Waals surface area contributed by atoms with Gasteiger partial charge in [0, 0.05) is 0 Å². The maximum atomic E-state index is 12.3. The van der Waals surface area contributed by atoms with Crippen molar-refractivity contribution in [2.45, 2.75) is 11.8 Å². The molecule has 0 heterocycles. The van der Waals surface area contributed by atoms with Gasteiger partial charge in [0.15, 0.2) is 0 Å². The average Bonchev–Trinajstić information content (AvgIpc) is 2.04. The van der Waals surface area contributed by atoms with Crippen LogP contribution in [0.1, 0.15) is 6.92 Å². The molecule has 0 fully saturated rings. The lowest BCUT2D eigenvalue weighted by atomic mass is 10.2. The van der Waals surface area contributed by atoms with Gasteiger partial charge in [-0.25, -0.2) is 4.79 Å². The number of hydrogen-bond acceptors (Lipinski definition) is 3. The summed E-state index contributed by atoms with van der Waals surface area (Å²) in [4.78, 5) is 19.7. The highest BCUT2D eigenvalue weighted by molar-refractivity contribution is 9.10. The van der Waals surface area contributed by atoms with Gasteiger partial charge in [0.2, 0.25) is 0 Å². The number of carbonyl (C=O) groups is 2. The fourth-order valence-electron chi connectivity index (χ4n) is 0.513. The summed E-state index contributed by atoms with van der Waals surface area (Å²) in [5.74, 6) is -3.36. The molecule has 0 spiro atoms. The Morgan fingerprint density at radius 1 is 1.57 bits per heavy atom. The number of ketones is 1. The minimum Gasteiger partial charge on any atom is -0.457 e. The summed E-state index contributed by atoms with van der Waals surface area (Å²) in [6, 6.07) is 0. The Hall–Kier alpha value is -1.14. The van der Waals surface area contributed by atoms with Crippen LogP contribution in [-0.4, -0.2) is 33.7 Å². The van der Waals surface area contributed by atoms with E-state index in [0.29, 0.717) is 0 Å². The number of nitrogens with zero attached hydrogens (tertiary/aromatic N) is 2. The van der Waals surface area contributed by atoms with E-state index in [0.717, 1.165) is 0 Å². The number of alkyl halides is 3. The van der Waals surface area contributed by atoms with Gasteiger partial charge < -0.3 is 10.3 Å². The van der Waals surface area contributed by atoms with Crippen LogP contribution < -0.4 is 0 Å². The summed E-state index contributed by atoms with van der Waals surface area (Å²) in [5, 5.41) is 0. The van der Waals surface area contributed by atoms with E-state index in [9.17, 15) is 18.4 Å². The fraction of sp³-hybridized carbons (Fsp3) is 0.500. The number of Topliss-reactive ketones (excluding diaryl/α,β-unsaturated/α-hetero) is 1. The van der Waals surface area contributed by atoms with Crippen LogP contribution in [0.5, 0.6) is 0 Å². The maximum Gasteiger partial charge on any atom is 0.448 e. The molecule has 0 unspecified atom stereocenters. The van der Waals surface area contributed by atoms with Crippen molar-refractivity contribution in [3.05, 3.63) is 5.53 Å². The van der Waals surface area contributed by atoms with Crippen molar-refractivity contribution in [2.75, 3.05) is 6.61 Å². The van der Waals surface area contributed by atoms with E-state index in [-0.39, 0.29) is 6.61 Å². The first-order chi connectivity index (χ1) is 6.34. The van der Waals surface area contributed by atoms with Gasteiger partial charge in [0.25, 0.3) is 0 Å². The first-order valence-electron chi connectivity index (χ1n) is 3.35. The minimum atomic E-state index is -3.96. The van der Waals surface area contributed by atoms with Crippen molar-refractivity contribution >= 4 is 33.4 Å². The van der Waals surface area contributed by atoms with E-state index >= 15 is 0 Å². The predicted octanol–water partition coefficient (Wildman–Crippen LogP) is 0.777. The molecule has 14 heavy (non-hydrogen) atoms. The Morgan fingerprint density at radius 3 is 2.36 bits per heavy atom. The molecule has 0 N–H and O–H groups in total. The molecule has 0 bridgehead atoms. The molecule has 0 aromatic rings. The molecule has 0 aliphatic rings. The first-order valence-corrected chi connectivity index (χ1v) is 4.14. The number of halogens is 3. The summed E-state index contributed by atoms with van der Waals surface area (Å²) in [7, 11) is 0. The Balaban J connectivity index is 4.87. The van der Waals surface area contributed by atoms with Crippen molar-refractivity contribution in [1.82, 2.24) is 0 Å². The molecule has 0 aliphatic carbocycles. The number of carbonyl (C=O) groups excluding carboxylic acids is 2. The van der Waals surface area contributed by atoms with Gasteiger partial charge in [-0.15, -0.1) is 0 Å². The number of ether oxygens (including phenoxy) is 1. The van der Waals surface area contributed by atoms with E-state index in [2.05, 4.69) is 9.53 Å². The van der Waals surface area contributed by atoms with Crippen LogP contribution in [0.2, 0.25) is 0 Å². The van der Waals surface area contributed by atoms with Gasteiger partial charge in [-0.05, 0) is 22.9 Å². The van der Waals surface area contributed by atoms with Gasteiger partial charge in [0.1, 0.15) is 0 Å². The molecule has 5 nitrogen and oxygen atoms in total. The van der Waals surface area contributed by atoms with Gasteiger partial charge >= 0.3 is 22.3 Å². The Bertz CT molecular complexity index is 307. The van der Waals surface area contributed by atoms with E-state index < -0.39 is 22.3 Å². The lowest BCUT2D eigenvalue weighted by Crippen LogP contribution is -2.36. The third-order valence-corrected chi connectivity index (χ3v) is 1.40. The van der Waals surface area contributed by atoms with Crippen LogP contribution in [0.15, 0.2) is 0 Å². The van der Waals surface area contributed by atoms with E-state index in [1.165, 1.54) is 6.92 Å². The minimum absolute atomic E-state index is 0.126. The second-order valence-electron chi connectivity index (χ2n) is 2.00. The van der Waals surface area contributed by atoms with Gasteiger partial charge in [-0.2, -0.15) is 13.6 Å². The van der Waals surface area contributed by atoms with Crippen LogP contribution in [0, 0.1) is 0 Å². The predicted molar refractivity (Wildman–Crippen MR) is 44.1 cm³/mol. The van der Waals surface area contributed by atoms with E-state index in [1.807, 2.05) is 0 Å². The second kappa shape index (κ2) is 4.92.